The molecular weight excluding hydrogens is 286 g/mol. The molecule has 0 aromatic heterocycles. The summed E-state index contributed by atoms with van der Waals surface area (Å²) in [6.45, 7) is 2.30. The zero-order valence-electron chi connectivity index (χ0n) is 13.4. The van der Waals surface area contributed by atoms with E-state index in [-0.39, 0.29) is 5.91 Å². The van der Waals surface area contributed by atoms with Crippen LogP contribution in [0.15, 0.2) is 30.3 Å². The maximum absolute atomic E-state index is 12.5. The van der Waals surface area contributed by atoms with Crippen LogP contribution in [0.5, 0.6) is 0 Å². The van der Waals surface area contributed by atoms with E-state index in [9.17, 15) is 4.79 Å². The Morgan fingerprint density at radius 2 is 1.96 bits per heavy atom. The normalized spacial score (nSPS) is 16.0. The Kier molecular flexibility index (Phi) is 4.04. The van der Waals surface area contributed by atoms with E-state index >= 15 is 0 Å². The number of amides is 1. The Morgan fingerprint density at radius 3 is 2.78 bits per heavy atom. The largest absolute Gasteiger partial charge is 0.381 e. The summed E-state index contributed by atoms with van der Waals surface area (Å²) < 4.78 is 5.60. The second-order valence-electron chi connectivity index (χ2n) is 6.74. The molecule has 3 nitrogen and oxygen atoms in total. The molecule has 0 unspecified atom stereocenters. The number of hydrogen-bond donors (Lipinski definition) is 1. The molecule has 2 aliphatic carbocycles. The topological polar surface area (TPSA) is 38.3 Å². The predicted octanol–water partition coefficient (Wildman–Crippen LogP) is 3.48. The van der Waals surface area contributed by atoms with Gasteiger partial charge >= 0.3 is 0 Å². The molecule has 0 radical (unpaired) electrons. The van der Waals surface area contributed by atoms with Crippen molar-refractivity contribution in [3.8, 4) is 0 Å². The highest BCUT2D eigenvalue weighted by Crippen LogP contribution is 2.32. The predicted molar refractivity (Wildman–Crippen MR) is 91.8 cm³/mol. The molecule has 0 heterocycles. The van der Waals surface area contributed by atoms with Gasteiger partial charge in [0.1, 0.15) is 0 Å². The zero-order valence-corrected chi connectivity index (χ0v) is 13.4. The van der Waals surface area contributed by atoms with E-state index in [4.69, 9.17) is 4.74 Å². The van der Waals surface area contributed by atoms with Crippen LogP contribution in [0.4, 0.5) is 0 Å². The summed E-state index contributed by atoms with van der Waals surface area (Å²) in [6, 6.07) is 10.4. The number of ether oxygens (including phenoxy) is 1. The molecule has 1 N–H and O–H groups in total. The van der Waals surface area contributed by atoms with Gasteiger partial charge in [-0.1, -0.05) is 24.3 Å². The number of aryl methyl sites for hydroxylation is 2. The van der Waals surface area contributed by atoms with Crippen LogP contribution in [0.2, 0.25) is 0 Å². The zero-order chi connectivity index (χ0) is 15.6. The number of nitrogens with one attached hydrogen (secondary N) is 1. The third-order valence-electron chi connectivity index (χ3n) is 4.92. The number of hydrogen-bond acceptors (Lipinski definition) is 2. The maximum Gasteiger partial charge on any atom is 0.251 e. The minimum absolute atomic E-state index is 0.0304. The molecule has 2 aliphatic rings. The fourth-order valence-electron chi connectivity index (χ4n) is 3.45. The van der Waals surface area contributed by atoms with Gasteiger partial charge in [0.2, 0.25) is 0 Å². The third-order valence-corrected chi connectivity index (χ3v) is 4.92. The first-order valence-electron chi connectivity index (χ1n) is 8.72. The van der Waals surface area contributed by atoms with Gasteiger partial charge in [-0.15, -0.1) is 0 Å². The highest BCUT2D eigenvalue weighted by Gasteiger charge is 2.21. The Labute approximate surface area is 137 Å². The van der Waals surface area contributed by atoms with E-state index in [0.717, 1.165) is 49.3 Å². The summed E-state index contributed by atoms with van der Waals surface area (Å²) in [5, 5.41) is 5.43. The van der Waals surface area contributed by atoms with Gasteiger partial charge in [0.15, 0.2) is 0 Å². The van der Waals surface area contributed by atoms with Crippen molar-refractivity contribution in [2.45, 2.75) is 32.1 Å². The summed E-state index contributed by atoms with van der Waals surface area (Å²) in [5.74, 6) is 0.834. The lowest BCUT2D eigenvalue weighted by molar-refractivity contribution is 0.0939. The van der Waals surface area contributed by atoms with Crippen molar-refractivity contribution in [3.05, 3.63) is 47.0 Å². The van der Waals surface area contributed by atoms with Crippen LogP contribution in [0.1, 0.15) is 40.7 Å². The minimum atomic E-state index is 0.0304. The van der Waals surface area contributed by atoms with Crippen LogP contribution in [0.3, 0.4) is 0 Å². The highest BCUT2D eigenvalue weighted by molar-refractivity contribution is 6.09. The van der Waals surface area contributed by atoms with Crippen LogP contribution < -0.4 is 5.32 Å². The average molecular weight is 309 g/mol. The Morgan fingerprint density at radius 1 is 1.13 bits per heavy atom. The van der Waals surface area contributed by atoms with Gasteiger partial charge in [-0.3, -0.25) is 4.79 Å². The van der Waals surface area contributed by atoms with Crippen molar-refractivity contribution in [2.75, 3.05) is 19.8 Å². The van der Waals surface area contributed by atoms with Crippen molar-refractivity contribution in [1.82, 2.24) is 5.32 Å². The molecule has 120 valence electrons. The molecule has 0 atom stereocenters. The highest BCUT2D eigenvalue weighted by atomic mass is 16.5. The van der Waals surface area contributed by atoms with Crippen LogP contribution in [0, 0.1) is 5.92 Å². The molecule has 1 saturated carbocycles. The second-order valence-corrected chi connectivity index (χ2v) is 6.74. The van der Waals surface area contributed by atoms with Gasteiger partial charge in [0.25, 0.3) is 5.91 Å². The first kappa shape index (κ1) is 14.7. The Bertz CT molecular complexity index is 723. The maximum atomic E-state index is 12.5. The lowest BCUT2D eigenvalue weighted by atomic mass is 9.99. The van der Waals surface area contributed by atoms with Gasteiger partial charge in [-0.2, -0.15) is 0 Å². The third kappa shape index (κ3) is 3.11. The van der Waals surface area contributed by atoms with Crippen molar-refractivity contribution in [1.29, 1.82) is 0 Å². The van der Waals surface area contributed by atoms with E-state index in [1.807, 2.05) is 6.07 Å². The van der Waals surface area contributed by atoms with E-state index in [1.54, 1.807) is 0 Å². The lowest BCUT2D eigenvalue weighted by Gasteiger charge is -2.10. The number of carbonyl (C=O) groups is 1. The van der Waals surface area contributed by atoms with Crippen LogP contribution in [-0.2, 0) is 17.6 Å². The Balaban J connectivity index is 1.37. The molecule has 1 fully saturated rings. The van der Waals surface area contributed by atoms with Crippen molar-refractivity contribution in [2.24, 2.45) is 5.92 Å². The first-order valence-corrected chi connectivity index (χ1v) is 8.72. The van der Waals surface area contributed by atoms with Gasteiger partial charge in [0.05, 0.1) is 0 Å². The molecule has 0 saturated heterocycles. The monoisotopic (exact) mass is 309 g/mol. The molecule has 1 amide bonds. The average Bonchev–Trinajstić information content (AvgIpc) is 3.31. The molecule has 3 heteroatoms. The van der Waals surface area contributed by atoms with Gasteiger partial charge in [-0.05, 0) is 66.0 Å². The summed E-state index contributed by atoms with van der Waals surface area (Å²) in [4.78, 5) is 12.5. The molecule has 4 rings (SSSR count). The molecular formula is C20H23NO2. The van der Waals surface area contributed by atoms with Crippen LogP contribution in [0.25, 0.3) is 10.8 Å². The summed E-state index contributed by atoms with van der Waals surface area (Å²) in [7, 11) is 0. The molecule has 2 aromatic rings. The second kappa shape index (κ2) is 6.32. The quantitative estimate of drug-likeness (QED) is 0.795. The number of carbonyl (C=O) groups excluding carboxylic acids is 1. The van der Waals surface area contributed by atoms with E-state index in [1.165, 1.54) is 29.4 Å². The summed E-state index contributed by atoms with van der Waals surface area (Å²) in [6.07, 6.45) is 5.70. The minimum Gasteiger partial charge on any atom is -0.381 e. The number of benzene rings is 2. The molecule has 23 heavy (non-hydrogen) atoms. The van der Waals surface area contributed by atoms with Crippen molar-refractivity contribution >= 4 is 16.7 Å². The summed E-state index contributed by atoms with van der Waals surface area (Å²) >= 11 is 0. The summed E-state index contributed by atoms with van der Waals surface area (Å²) in [5.41, 5.74) is 3.55. The van der Waals surface area contributed by atoms with Crippen LogP contribution >= 0.6 is 0 Å². The van der Waals surface area contributed by atoms with Gasteiger partial charge in [0, 0.05) is 25.3 Å². The van der Waals surface area contributed by atoms with E-state index < -0.39 is 0 Å². The van der Waals surface area contributed by atoms with Gasteiger partial charge in [-0.25, -0.2) is 0 Å². The molecule has 2 aromatic carbocycles. The first-order chi connectivity index (χ1) is 11.3. The number of rotatable bonds is 7. The smallest absolute Gasteiger partial charge is 0.251 e. The Hall–Kier alpha value is -1.87. The van der Waals surface area contributed by atoms with Crippen LogP contribution in [-0.4, -0.2) is 25.7 Å². The van der Waals surface area contributed by atoms with Crippen molar-refractivity contribution in [3.63, 3.8) is 0 Å². The fraction of sp³-hybridized carbons (Fsp3) is 0.450. The van der Waals surface area contributed by atoms with Crippen molar-refractivity contribution < 1.29 is 9.53 Å². The molecule has 0 aliphatic heterocycles. The standard InChI is InChI=1S/C20H23NO2/c22-20(21-11-2-12-23-13-14-5-6-14)18-10-9-16-8-7-15-3-1-4-17(18)19(15)16/h1,3-4,9-10,14H,2,5-8,11-13H2,(H,21,22). The van der Waals surface area contributed by atoms with Gasteiger partial charge < -0.3 is 10.1 Å². The lowest BCUT2D eigenvalue weighted by Crippen LogP contribution is -2.25. The molecule has 0 bridgehead atoms. The van der Waals surface area contributed by atoms with E-state index in [2.05, 4.69) is 29.6 Å². The fourth-order valence-corrected chi connectivity index (χ4v) is 3.45. The van der Waals surface area contributed by atoms with E-state index in [0.29, 0.717) is 6.54 Å². The SMILES string of the molecule is O=C(NCCCOCC1CC1)c1ccc2c3c(cccc13)CC2. The molecule has 0 spiro atoms.